The zero-order valence-corrected chi connectivity index (χ0v) is 9.35. The van der Waals surface area contributed by atoms with Crippen LogP contribution in [0.15, 0.2) is 18.2 Å². The van der Waals surface area contributed by atoms with E-state index in [1.165, 1.54) is 0 Å². The lowest BCUT2D eigenvalue weighted by atomic mass is 10.0. The van der Waals surface area contributed by atoms with E-state index in [1.54, 1.807) is 12.1 Å². The summed E-state index contributed by atoms with van der Waals surface area (Å²) in [5.74, 6) is 0. The third-order valence-electron chi connectivity index (χ3n) is 2.09. The third-order valence-corrected chi connectivity index (χ3v) is 2.75. The van der Waals surface area contributed by atoms with Crippen LogP contribution in [-0.2, 0) is 0 Å². The number of benzene rings is 1. The van der Waals surface area contributed by atoms with Crippen molar-refractivity contribution >= 4 is 23.2 Å². The Morgan fingerprint density at radius 1 is 1.21 bits per heavy atom. The fraction of sp³-hybridized carbons (Fsp3) is 0.400. The van der Waals surface area contributed by atoms with Crippen LogP contribution in [0, 0.1) is 0 Å². The molecule has 0 unspecified atom stereocenters. The van der Waals surface area contributed by atoms with Gasteiger partial charge in [0.05, 0.1) is 0 Å². The first-order valence-electron chi connectivity index (χ1n) is 4.56. The fourth-order valence-electron chi connectivity index (χ4n) is 1.35. The highest BCUT2D eigenvalue weighted by Gasteiger charge is 2.12. The largest absolute Gasteiger partial charge is 0.330 e. The summed E-state index contributed by atoms with van der Waals surface area (Å²) >= 11 is 12.0. The summed E-state index contributed by atoms with van der Waals surface area (Å²) in [4.78, 5) is 0. The van der Waals surface area contributed by atoms with Crippen molar-refractivity contribution in [1.82, 2.24) is 0 Å². The zero-order valence-electron chi connectivity index (χ0n) is 7.84. The number of rotatable bonds is 4. The number of hydrogen-bond acceptors (Lipinski definition) is 2. The van der Waals surface area contributed by atoms with Gasteiger partial charge in [-0.1, -0.05) is 29.3 Å². The maximum Gasteiger partial charge on any atom is 0.0468 e. The molecule has 0 amide bonds. The average Bonchev–Trinajstić information content (AvgIpc) is 2.14. The van der Waals surface area contributed by atoms with Crippen molar-refractivity contribution in [3.05, 3.63) is 33.8 Å². The molecule has 0 aliphatic carbocycles. The van der Waals surface area contributed by atoms with Crippen molar-refractivity contribution in [2.75, 3.05) is 6.54 Å². The lowest BCUT2D eigenvalue weighted by Crippen LogP contribution is -2.13. The Morgan fingerprint density at radius 3 is 2.29 bits per heavy atom. The molecule has 0 aromatic heterocycles. The Kier molecular flexibility index (Phi) is 4.69. The molecule has 0 aliphatic heterocycles. The minimum Gasteiger partial charge on any atom is -0.330 e. The van der Waals surface area contributed by atoms with Gasteiger partial charge < -0.3 is 11.5 Å². The molecule has 0 radical (unpaired) electrons. The van der Waals surface area contributed by atoms with Crippen LogP contribution in [0.4, 0.5) is 0 Å². The van der Waals surface area contributed by atoms with E-state index < -0.39 is 0 Å². The molecule has 1 aromatic carbocycles. The molecule has 0 bridgehead atoms. The lowest BCUT2D eigenvalue weighted by Gasteiger charge is -2.14. The Bertz CT molecular complexity index is 282. The van der Waals surface area contributed by atoms with Crippen LogP contribution in [0.2, 0.25) is 10.0 Å². The van der Waals surface area contributed by atoms with Crippen molar-refractivity contribution in [1.29, 1.82) is 0 Å². The van der Waals surface area contributed by atoms with Crippen LogP contribution in [0.3, 0.4) is 0 Å². The van der Waals surface area contributed by atoms with E-state index >= 15 is 0 Å². The Morgan fingerprint density at radius 2 is 1.79 bits per heavy atom. The SMILES string of the molecule is NCCC[C@H](N)c1c(Cl)cccc1Cl. The van der Waals surface area contributed by atoms with Gasteiger partial charge in [0.15, 0.2) is 0 Å². The predicted molar refractivity (Wildman–Crippen MR) is 61.7 cm³/mol. The van der Waals surface area contributed by atoms with E-state index in [-0.39, 0.29) is 6.04 Å². The molecule has 0 saturated heterocycles. The number of hydrogen-bond donors (Lipinski definition) is 2. The van der Waals surface area contributed by atoms with E-state index in [0.717, 1.165) is 18.4 Å². The minimum atomic E-state index is -0.125. The molecule has 0 aliphatic rings. The highest BCUT2D eigenvalue weighted by atomic mass is 35.5. The van der Waals surface area contributed by atoms with Crippen LogP contribution in [-0.4, -0.2) is 6.54 Å². The Hall–Kier alpha value is -0.280. The van der Waals surface area contributed by atoms with Gasteiger partial charge in [-0.05, 0) is 31.5 Å². The normalized spacial score (nSPS) is 12.9. The third kappa shape index (κ3) is 2.85. The van der Waals surface area contributed by atoms with Gasteiger partial charge in [0.2, 0.25) is 0 Å². The molecular formula is C10H14Cl2N2. The maximum atomic E-state index is 6.01. The van der Waals surface area contributed by atoms with E-state index in [2.05, 4.69) is 0 Å². The molecule has 2 nitrogen and oxygen atoms in total. The second-order valence-electron chi connectivity index (χ2n) is 3.17. The van der Waals surface area contributed by atoms with Crippen molar-refractivity contribution in [3.8, 4) is 0 Å². The highest BCUT2D eigenvalue weighted by Crippen LogP contribution is 2.30. The summed E-state index contributed by atoms with van der Waals surface area (Å²) in [6.45, 7) is 0.635. The molecule has 78 valence electrons. The number of nitrogens with two attached hydrogens (primary N) is 2. The molecule has 1 rings (SSSR count). The Labute approximate surface area is 94.2 Å². The first-order chi connectivity index (χ1) is 6.66. The number of halogens is 2. The monoisotopic (exact) mass is 232 g/mol. The molecule has 0 heterocycles. The second-order valence-corrected chi connectivity index (χ2v) is 3.99. The topological polar surface area (TPSA) is 52.0 Å². The summed E-state index contributed by atoms with van der Waals surface area (Å²) in [5.41, 5.74) is 12.2. The lowest BCUT2D eigenvalue weighted by molar-refractivity contribution is 0.618. The van der Waals surface area contributed by atoms with Gasteiger partial charge in [0.1, 0.15) is 0 Å². The second kappa shape index (κ2) is 5.56. The van der Waals surface area contributed by atoms with Gasteiger partial charge in [-0.2, -0.15) is 0 Å². The molecule has 0 fully saturated rings. The van der Waals surface area contributed by atoms with Crippen LogP contribution in [0.1, 0.15) is 24.4 Å². The molecule has 0 saturated carbocycles. The molecule has 4 N–H and O–H groups in total. The molecule has 1 aromatic rings. The molecule has 1 atom stereocenters. The van der Waals surface area contributed by atoms with E-state index in [4.69, 9.17) is 34.7 Å². The van der Waals surface area contributed by atoms with Gasteiger partial charge in [0, 0.05) is 21.7 Å². The fourth-order valence-corrected chi connectivity index (χ4v) is 2.02. The van der Waals surface area contributed by atoms with Gasteiger partial charge in [-0.3, -0.25) is 0 Å². The summed E-state index contributed by atoms with van der Waals surface area (Å²) in [6, 6.07) is 5.28. The van der Waals surface area contributed by atoms with Crippen molar-refractivity contribution < 1.29 is 0 Å². The Balaban J connectivity index is 2.82. The van der Waals surface area contributed by atoms with E-state index in [1.807, 2.05) is 6.07 Å². The van der Waals surface area contributed by atoms with Crippen LogP contribution in [0.25, 0.3) is 0 Å². The molecule has 14 heavy (non-hydrogen) atoms. The zero-order chi connectivity index (χ0) is 10.6. The quantitative estimate of drug-likeness (QED) is 0.839. The summed E-state index contributed by atoms with van der Waals surface area (Å²) in [6.07, 6.45) is 1.68. The van der Waals surface area contributed by atoms with E-state index in [9.17, 15) is 0 Å². The van der Waals surface area contributed by atoms with Crippen LogP contribution in [0.5, 0.6) is 0 Å². The first kappa shape index (κ1) is 11.8. The van der Waals surface area contributed by atoms with E-state index in [0.29, 0.717) is 16.6 Å². The van der Waals surface area contributed by atoms with Crippen molar-refractivity contribution in [2.45, 2.75) is 18.9 Å². The molecule has 0 spiro atoms. The van der Waals surface area contributed by atoms with Gasteiger partial charge in [-0.25, -0.2) is 0 Å². The molecule has 4 heteroatoms. The maximum absolute atomic E-state index is 6.01. The minimum absolute atomic E-state index is 0.125. The summed E-state index contributed by atoms with van der Waals surface area (Å²) < 4.78 is 0. The standard InChI is InChI=1S/C10H14Cl2N2/c11-7-3-1-4-8(12)10(7)9(14)5-2-6-13/h1,3-4,9H,2,5-6,13-14H2/t9-/m0/s1. The van der Waals surface area contributed by atoms with Crippen molar-refractivity contribution in [2.24, 2.45) is 11.5 Å². The summed E-state index contributed by atoms with van der Waals surface area (Å²) in [7, 11) is 0. The predicted octanol–water partition coefficient (Wildman–Crippen LogP) is 2.73. The van der Waals surface area contributed by atoms with Crippen molar-refractivity contribution in [3.63, 3.8) is 0 Å². The average molecular weight is 233 g/mol. The van der Waals surface area contributed by atoms with Crippen LogP contribution >= 0.6 is 23.2 Å². The highest BCUT2D eigenvalue weighted by molar-refractivity contribution is 6.36. The van der Waals surface area contributed by atoms with Gasteiger partial charge in [0.25, 0.3) is 0 Å². The smallest absolute Gasteiger partial charge is 0.0468 e. The first-order valence-corrected chi connectivity index (χ1v) is 5.32. The van der Waals surface area contributed by atoms with Gasteiger partial charge >= 0.3 is 0 Å². The van der Waals surface area contributed by atoms with Crippen LogP contribution < -0.4 is 11.5 Å². The molecular weight excluding hydrogens is 219 g/mol. The summed E-state index contributed by atoms with van der Waals surface area (Å²) in [5, 5.41) is 1.25. The van der Waals surface area contributed by atoms with Gasteiger partial charge in [-0.15, -0.1) is 0 Å².